The van der Waals surface area contributed by atoms with E-state index in [-0.39, 0.29) is 0 Å². The Morgan fingerprint density at radius 3 is 2.47 bits per heavy atom. The number of hydrogen-bond acceptors (Lipinski definition) is 4. The van der Waals surface area contributed by atoms with Crippen LogP contribution in [0.25, 0.3) is 0 Å². The van der Waals surface area contributed by atoms with Gasteiger partial charge in [-0.1, -0.05) is 6.92 Å². The largest absolute Gasteiger partial charge is 0.314 e. The molecule has 0 aromatic carbocycles. The van der Waals surface area contributed by atoms with Crippen LogP contribution in [0.4, 0.5) is 0 Å². The number of nitrogens with one attached hydrogen (secondary N) is 1. The summed E-state index contributed by atoms with van der Waals surface area (Å²) in [7, 11) is -2.72. The summed E-state index contributed by atoms with van der Waals surface area (Å²) in [4.78, 5) is 2.24. The Morgan fingerprint density at radius 1 is 1.33 bits per heavy atom. The van der Waals surface area contributed by atoms with Gasteiger partial charge in [0.05, 0.1) is 11.5 Å². The van der Waals surface area contributed by atoms with Crippen molar-refractivity contribution < 1.29 is 8.42 Å². The maximum absolute atomic E-state index is 11.2. The highest BCUT2D eigenvalue weighted by atomic mass is 32.2. The lowest BCUT2D eigenvalue weighted by Crippen LogP contribution is -2.42. The monoisotopic (exact) mass is 234 g/mol. The molecule has 0 bridgehead atoms. The van der Waals surface area contributed by atoms with Crippen LogP contribution in [-0.4, -0.2) is 57.0 Å². The first-order valence-corrected chi connectivity index (χ1v) is 7.52. The minimum atomic E-state index is -2.72. The summed E-state index contributed by atoms with van der Waals surface area (Å²) >= 11 is 0. The Labute approximate surface area is 93.0 Å². The highest BCUT2D eigenvalue weighted by Crippen LogP contribution is 2.05. The van der Waals surface area contributed by atoms with Gasteiger partial charge in [-0.05, 0) is 26.4 Å². The average molecular weight is 234 g/mol. The van der Waals surface area contributed by atoms with Gasteiger partial charge in [0.15, 0.2) is 9.84 Å². The predicted molar refractivity (Wildman–Crippen MR) is 62.8 cm³/mol. The third-order valence-corrected chi connectivity index (χ3v) is 4.48. The molecule has 4 nitrogen and oxygen atoms in total. The average Bonchev–Trinajstić information content (AvgIpc) is 2.17. The lowest BCUT2D eigenvalue weighted by Gasteiger charge is -2.27. The van der Waals surface area contributed by atoms with E-state index in [2.05, 4.69) is 24.1 Å². The van der Waals surface area contributed by atoms with E-state index in [0.717, 1.165) is 19.5 Å². The van der Waals surface area contributed by atoms with Crippen LogP contribution in [-0.2, 0) is 9.84 Å². The molecule has 0 spiro atoms. The molecule has 0 aromatic rings. The Hall–Kier alpha value is -0.130. The van der Waals surface area contributed by atoms with Crippen LogP contribution in [0.1, 0.15) is 20.3 Å². The lowest BCUT2D eigenvalue weighted by atomic mass is 10.2. The summed E-state index contributed by atoms with van der Waals surface area (Å²) in [5.41, 5.74) is 0. The fourth-order valence-electron chi connectivity index (χ4n) is 1.80. The van der Waals surface area contributed by atoms with Crippen molar-refractivity contribution in [2.75, 3.05) is 37.7 Å². The van der Waals surface area contributed by atoms with Crippen LogP contribution in [0.2, 0.25) is 0 Å². The van der Waals surface area contributed by atoms with Crippen LogP contribution in [0, 0.1) is 0 Å². The highest BCUT2D eigenvalue weighted by molar-refractivity contribution is 7.91. The molecule has 1 aliphatic rings. The lowest BCUT2D eigenvalue weighted by molar-refractivity contribution is 0.278. The van der Waals surface area contributed by atoms with E-state index >= 15 is 0 Å². The van der Waals surface area contributed by atoms with E-state index in [1.54, 1.807) is 0 Å². The number of sulfone groups is 1. The molecule has 0 aromatic heterocycles. The highest BCUT2D eigenvalue weighted by Gasteiger charge is 2.21. The quantitative estimate of drug-likeness (QED) is 0.733. The first kappa shape index (κ1) is 12.9. The summed E-state index contributed by atoms with van der Waals surface area (Å²) in [5.74, 6) is 0.672. The molecule has 0 amide bonds. The normalized spacial score (nSPS) is 23.9. The van der Waals surface area contributed by atoms with E-state index in [9.17, 15) is 8.42 Å². The van der Waals surface area contributed by atoms with Gasteiger partial charge in [0.1, 0.15) is 0 Å². The Balaban J connectivity index is 2.19. The maximum atomic E-state index is 11.2. The zero-order valence-corrected chi connectivity index (χ0v) is 10.5. The van der Waals surface area contributed by atoms with E-state index in [4.69, 9.17) is 0 Å². The fourth-order valence-corrected chi connectivity index (χ4v) is 3.08. The maximum Gasteiger partial charge on any atom is 0.152 e. The van der Waals surface area contributed by atoms with Gasteiger partial charge in [0, 0.05) is 19.1 Å². The Bertz CT molecular complexity index is 263. The second-order valence-electron chi connectivity index (χ2n) is 4.24. The summed E-state index contributed by atoms with van der Waals surface area (Å²) < 4.78 is 22.4. The third kappa shape index (κ3) is 4.95. The van der Waals surface area contributed by atoms with E-state index in [0.29, 0.717) is 30.6 Å². The van der Waals surface area contributed by atoms with Gasteiger partial charge in [0.25, 0.3) is 0 Å². The molecule has 1 unspecified atom stereocenters. The third-order valence-electron chi connectivity index (χ3n) is 2.87. The van der Waals surface area contributed by atoms with Gasteiger partial charge >= 0.3 is 0 Å². The molecule has 1 rings (SSSR count). The minimum absolute atomic E-state index is 0.336. The minimum Gasteiger partial charge on any atom is -0.314 e. The van der Waals surface area contributed by atoms with Crippen LogP contribution >= 0.6 is 0 Å². The van der Waals surface area contributed by atoms with Gasteiger partial charge < -0.3 is 10.2 Å². The first-order valence-electron chi connectivity index (χ1n) is 5.69. The Kier molecular flexibility index (Phi) is 5.02. The molecule has 15 heavy (non-hydrogen) atoms. The SMILES string of the molecule is CCNC(C)CCN1CCS(=O)(=O)CC1. The van der Waals surface area contributed by atoms with Gasteiger partial charge in [-0.25, -0.2) is 8.42 Å². The van der Waals surface area contributed by atoms with Crippen LogP contribution in [0.5, 0.6) is 0 Å². The molecular formula is C10H22N2O2S. The molecule has 1 heterocycles. The number of nitrogens with zero attached hydrogens (tertiary/aromatic N) is 1. The van der Waals surface area contributed by atoms with Crippen molar-refractivity contribution in [1.82, 2.24) is 10.2 Å². The van der Waals surface area contributed by atoms with E-state index < -0.39 is 9.84 Å². The molecule has 1 atom stereocenters. The molecule has 1 fully saturated rings. The van der Waals surface area contributed by atoms with Crippen molar-refractivity contribution in [2.24, 2.45) is 0 Å². The summed E-state index contributed by atoms with van der Waals surface area (Å²) in [5, 5.41) is 3.36. The molecule has 0 radical (unpaired) electrons. The molecule has 0 saturated carbocycles. The second kappa shape index (κ2) is 5.82. The molecule has 0 aliphatic carbocycles. The molecule has 1 saturated heterocycles. The number of rotatable bonds is 5. The van der Waals surface area contributed by atoms with Crippen molar-refractivity contribution >= 4 is 9.84 Å². The van der Waals surface area contributed by atoms with Crippen molar-refractivity contribution in [1.29, 1.82) is 0 Å². The van der Waals surface area contributed by atoms with Gasteiger partial charge in [0.2, 0.25) is 0 Å². The van der Waals surface area contributed by atoms with Crippen LogP contribution in [0.3, 0.4) is 0 Å². The van der Waals surface area contributed by atoms with Gasteiger partial charge in [-0.3, -0.25) is 0 Å². The van der Waals surface area contributed by atoms with Crippen LogP contribution in [0.15, 0.2) is 0 Å². The van der Waals surface area contributed by atoms with Gasteiger partial charge in [-0.15, -0.1) is 0 Å². The van der Waals surface area contributed by atoms with Crippen molar-refractivity contribution in [3.63, 3.8) is 0 Å². The zero-order valence-electron chi connectivity index (χ0n) is 9.70. The number of hydrogen-bond donors (Lipinski definition) is 1. The smallest absolute Gasteiger partial charge is 0.152 e. The second-order valence-corrected chi connectivity index (χ2v) is 6.54. The van der Waals surface area contributed by atoms with Crippen LogP contribution < -0.4 is 5.32 Å². The first-order chi connectivity index (χ1) is 7.03. The zero-order chi connectivity index (χ0) is 11.3. The molecular weight excluding hydrogens is 212 g/mol. The topological polar surface area (TPSA) is 49.4 Å². The summed E-state index contributed by atoms with van der Waals surface area (Å²) in [6.07, 6.45) is 1.09. The standard InChI is InChI=1S/C10H22N2O2S/c1-3-11-10(2)4-5-12-6-8-15(13,14)9-7-12/h10-11H,3-9H2,1-2H3. The molecule has 90 valence electrons. The van der Waals surface area contributed by atoms with Gasteiger partial charge in [-0.2, -0.15) is 0 Å². The molecule has 5 heteroatoms. The van der Waals surface area contributed by atoms with Crippen molar-refractivity contribution in [2.45, 2.75) is 26.3 Å². The van der Waals surface area contributed by atoms with Crippen molar-refractivity contribution in [3.05, 3.63) is 0 Å². The predicted octanol–water partition coefficient (Wildman–Crippen LogP) is 0.105. The Morgan fingerprint density at radius 2 is 1.93 bits per heavy atom. The summed E-state index contributed by atoms with van der Waals surface area (Å²) in [6.45, 7) is 7.69. The van der Waals surface area contributed by atoms with Crippen molar-refractivity contribution in [3.8, 4) is 0 Å². The van der Waals surface area contributed by atoms with E-state index in [1.165, 1.54) is 0 Å². The molecule has 1 N–H and O–H groups in total. The molecule has 1 aliphatic heterocycles. The van der Waals surface area contributed by atoms with E-state index in [1.807, 2.05) is 0 Å². The summed E-state index contributed by atoms with van der Waals surface area (Å²) in [6, 6.07) is 0.522. The fraction of sp³-hybridized carbons (Fsp3) is 1.00.